The molecule has 0 rings (SSSR count). The molecule has 0 aromatic heterocycles. The summed E-state index contributed by atoms with van der Waals surface area (Å²) in [5.41, 5.74) is 21.5. The molecule has 0 aromatic carbocycles. The number of amides is 5. The maximum absolute atomic E-state index is 12.9. The van der Waals surface area contributed by atoms with Crippen LogP contribution in [0.15, 0.2) is 0 Å². The topological polar surface area (TPSA) is 263 Å². The average molecular weight is 488 g/mol. The van der Waals surface area contributed by atoms with Crippen LogP contribution >= 0.6 is 0 Å². The van der Waals surface area contributed by atoms with Crippen molar-refractivity contribution >= 4 is 35.5 Å². The van der Waals surface area contributed by atoms with Gasteiger partial charge < -0.3 is 44.0 Å². The highest BCUT2D eigenvalue weighted by Gasteiger charge is 2.33. The number of carboxylic acid groups (broad SMARTS) is 1. The van der Waals surface area contributed by atoms with Gasteiger partial charge in [0.05, 0.1) is 18.9 Å². The lowest BCUT2D eigenvalue weighted by molar-refractivity contribution is -0.144. The van der Waals surface area contributed by atoms with Gasteiger partial charge in [0.2, 0.25) is 29.5 Å². The minimum Gasteiger partial charge on any atom is -0.480 e. The first-order valence-electron chi connectivity index (χ1n) is 11.0. The number of nitrogens with one attached hydrogen (secondary N) is 3. The molecule has 5 atom stereocenters. The summed E-state index contributed by atoms with van der Waals surface area (Å²) in [5, 5.41) is 16.2. The third-order valence-corrected chi connectivity index (χ3v) is 5.16. The van der Waals surface area contributed by atoms with Gasteiger partial charge >= 0.3 is 5.97 Å². The van der Waals surface area contributed by atoms with E-state index in [4.69, 9.17) is 22.9 Å². The molecule has 0 spiro atoms. The fraction of sp³-hybridized carbons (Fsp3) is 0.700. The normalized spacial score (nSPS) is 15.2. The SMILES string of the molecule is CCC(C)C(NC(=O)C(CC(N)=O)NC(=O)C(N)CCCCN)C(=O)NC(CC(N)=O)C(=O)O. The second-order valence-electron chi connectivity index (χ2n) is 8.06. The Hall–Kier alpha value is -3.26. The van der Waals surface area contributed by atoms with Crippen molar-refractivity contribution in [2.75, 3.05) is 6.54 Å². The summed E-state index contributed by atoms with van der Waals surface area (Å²) in [4.78, 5) is 71.9. The van der Waals surface area contributed by atoms with Crippen molar-refractivity contribution in [2.24, 2.45) is 28.9 Å². The third kappa shape index (κ3) is 11.6. The quantitative estimate of drug-likeness (QED) is 0.0957. The first-order valence-corrected chi connectivity index (χ1v) is 11.0. The van der Waals surface area contributed by atoms with Gasteiger partial charge in [-0.15, -0.1) is 0 Å². The van der Waals surface area contributed by atoms with E-state index in [0.717, 1.165) is 0 Å². The first-order chi connectivity index (χ1) is 15.8. The number of nitrogens with two attached hydrogens (primary N) is 4. The Morgan fingerprint density at radius 3 is 1.82 bits per heavy atom. The number of carbonyl (C=O) groups excluding carboxylic acids is 5. The molecule has 0 aliphatic rings. The number of unbranched alkanes of at least 4 members (excludes halogenated alkanes) is 1. The fourth-order valence-electron chi connectivity index (χ4n) is 2.95. The summed E-state index contributed by atoms with van der Waals surface area (Å²) in [6.45, 7) is 3.80. The maximum atomic E-state index is 12.9. The standard InChI is InChI=1S/C20H37N7O7/c1-3-10(2)16(19(32)26-13(20(33)34)9-15(24)29)27-18(31)12(8-14(23)28)25-17(30)11(22)6-4-5-7-21/h10-13,16H,3-9,21-22H2,1-2H3,(H2,23,28)(H2,24,29)(H,25,30)(H,26,32)(H,27,31)(H,33,34). The van der Waals surface area contributed by atoms with Crippen molar-refractivity contribution in [1.82, 2.24) is 16.0 Å². The molecule has 34 heavy (non-hydrogen) atoms. The van der Waals surface area contributed by atoms with E-state index in [1.807, 2.05) is 0 Å². The minimum atomic E-state index is -1.60. The van der Waals surface area contributed by atoms with Crippen LogP contribution in [0, 0.1) is 5.92 Å². The molecule has 5 amide bonds. The second kappa shape index (κ2) is 15.6. The molecule has 5 unspecified atom stereocenters. The number of hydrogen-bond acceptors (Lipinski definition) is 8. The first kappa shape index (κ1) is 30.7. The van der Waals surface area contributed by atoms with Gasteiger partial charge in [-0.05, 0) is 25.3 Å². The molecule has 194 valence electrons. The van der Waals surface area contributed by atoms with Crippen LogP contribution in [0.3, 0.4) is 0 Å². The molecule has 0 radical (unpaired) electrons. The maximum Gasteiger partial charge on any atom is 0.326 e. The van der Waals surface area contributed by atoms with Gasteiger partial charge in [-0.25, -0.2) is 4.79 Å². The van der Waals surface area contributed by atoms with Crippen molar-refractivity contribution in [2.45, 2.75) is 76.5 Å². The molecular formula is C20H37N7O7. The van der Waals surface area contributed by atoms with E-state index >= 15 is 0 Å². The van der Waals surface area contributed by atoms with Crippen LogP contribution in [-0.4, -0.2) is 71.3 Å². The summed E-state index contributed by atoms with van der Waals surface area (Å²) < 4.78 is 0. The predicted molar refractivity (Wildman–Crippen MR) is 121 cm³/mol. The Morgan fingerprint density at radius 2 is 1.35 bits per heavy atom. The lowest BCUT2D eigenvalue weighted by Gasteiger charge is -2.27. The lowest BCUT2D eigenvalue weighted by Crippen LogP contribution is -2.59. The number of primary amides is 2. The zero-order chi connectivity index (χ0) is 26.4. The van der Waals surface area contributed by atoms with Gasteiger partial charge in [0.15, 0.2) is 0 Å². The average Bonchev–Trinajstić information content (AvgIpc) is 2.74. The van der Waals surface area contributed by atoms with Crippen molar-refractivity contribution in [3.63, 3.8) is 0 Å². The summed E-state index contributed by atoms with van der Waals surface area (Å²) in [6, 6.07) is -5.20. The minimum absolute atomic E-state index is 0.308. The second-order valence-corrected chi connectivity index (χ2v) is 8.06. The van der Waals surface area contributed by atoms with Gasteiger partial charge in [-0.1, -0.05) is 26.7 Å². The van der Waals surface area contributed by atoms with E-state index in [1.165, 1.54) is 0 Å². The van der Waals surface area contributed by atoms with Crippen LogP contribution in [-0.2, 0) is 28.8 Å². The highest BCUT2D eigenvalue weighted by Crippen LogP contribution is 2.10. The number of rotatable bonds is 17. The zero-order valence-corrected chi connectivity index (χ0v) is 19.5. The van der Waals surface area contributed by atoms with Gasteiger partial charge in [0.25, 0.3) is 0 Å². The Kier molecular flexibility index (Phi) is 14.1. The summed E-state index contributed by atoms with van der Waals surface area (Å²) in [7, 11) is 0. The van der Waals surface area contributed by atoms with Crippen LogP contribution in [0.2, 0.25) is 0 Å². The number of carbonyl (C=O) groups is 6. The Morgan fingerprint density at radius 1 is 0.824 bits per heavy atom. The van der Waals surface area contributed by atoms with Crippen LogP contribution < -0.4 is 38.9 Å². The molecule has 0 aliphatic carbocycles. The molecule has 0 saturated heterocycles. The summed E-state index contributed by atoms with van der Waals surface area (Å²) in [5.74, 6) is -6.23. The van der Waals surface area contributed by atoms with E-state index in [9.17, 15) is 33.9 Å². The van der Waals surface area contributed by atoms with Crippen LogP contribution in [0.25, 0.3) is 0 Å². The number of hydrogen-bond donors (Lipinski definition) is 8. The third-order valence-electron chi connectivity index (χ3n) is 5.16. The molecule has 0 heterocycles. The van der Waals surface area contributed by atoms with E-state index in [-0.39, 0.29) is 0 Å². The predicted octanol–water partition coefficient (Wildman–Crippen LogP) is -3.22. The van der Waals surface area contributed by atoms with Gasteiger partial charge in [-0.2, -0.15) is 0 Å². The van der Waals surface area contributed by atoms with Crippen molar-refractivity contribution in [3.05, 3.63) is 0 Å². The van der Waals surface area contributed by atoms with E-state index < -0.39 is 78.4 Å². The van der Waals surface area contributed by atoms with Gasteiger partial charge in [0, 0.05) is 0 Å². The number of aliphatic carboxylic acids is 1. The summed E-state index contributed by atoms with van der Waals surface area (Å²) >= 11 is 0. The molecule has 14 nitrogen and oxygen atoms in total. The number of carboxylic acids is 1. The fourth-order valence-corrected chi connectivity index (χ4v) is 2.95. The highest BCUT2D eigenvalue weighted by atomic mass is 16.4. The summed E-state index contributed by atoms with van der Waals surface area (Å²) in [6.07, 6.45) is 0.758. The lowest BCUT2D eigenvalue weighted by atomic mass is 9.97. The van der Waals surface area contributed by atoms with Crippen LogP contribution in [0.5, 0.6) is 0 Å². The molecule has 14 heteroatoms. The van der Waals surface area contributed by atoms with Crippen molar-refractivity contribution in [3.8, 4) is 0 Å². The molecule has 12 N–H and O–H groups in total. The highest BCUT2D eigenvalue weighted by molar-refractivity contribution is 5.96. The van der Waals surface area contributed by atoms with Crippen molar-refractivity contribution < 1.29 is 33.9 Å². The van der Waals surface area contributed by atoms with Gasteiger partial charge in [-0.3, -0.25) is 24.0 Å². The Labute approximate surface area is 197 Å². The van der Waals surface area contributed by atoms with E-state index in [1.54, 1.807) is 13.8 Å². The van der Waals surface area contributed by atoms with Crippen molar-refractivity contribution in [1.29, 1.82) is 0 Å². The van der Waals surface area contributed by atoms with Gasteiger partial charge in [0.1, 0.15) is 18.1 Å². The Bertz CT molecular complexity index is 747. The molecule has 0 bridgehead atoms. The largest absolute Gasteiger partial charge is 0.480 e. The smallest absolute Gasteiger partial charge is 0.326 e. The molecule has 0 aliphatic heterocycles. The van der Waals surface area contributed by atoms with E-state index in [0.29, 0.717) is 32.2 Å². The zero-order valence-electron chi connectivity index (χ0n) is 19.5. The van der Waals surface area contributed by atoms with Crippen LogP contribution in [0.4, 0.5) is 0 Å². The Balaban J connectivity index is 5.51. The molecule has 0 aromatic rings. The molecule has 0 fully saturated rings. The monoisotopic (exact) mass is 487 g/mol. The van der Waals surface area contributed by atoms with Crippen LogP contribution in [0.1, 0.15) is 52.4 Å². The molecular weight excluding hydrogens is 450 g/mol. The molecule has 0 saturated carbocycles. The van der Waals surface area contributed by atoms with E-state index in [2.05, 4.69) is 16.0 Å².